The maximum atomic E-state index is 12.6. The summed E-state index contributed by atoms with van der Waals surface area (Å²) in [5.41, 5.74) is 1.30. The molecule has 0 saturated carbocycles. The van der Waals surface area contributed by atoms with Crippen molar-refractivity contribution in [2.75, 3.05) is 32.8 Å². The zero-order valence-electron chi connectivity index (χ0n) is 16.7. The second-order valence-corrected chi connectivity index (χ2v) is 7.24. The van der Waals surface area contributed by atoms with E-state index in [-0.39, 0.29) is 29.8 Å². The highest BCUT2D eigenvalue weighted by Gasteiger charge is 2.23. The van der Waals surface area contributed by atoms with Gasteiger partial charge in [-0.1, -0.05) is 30.3 Å². The Morgan fingerprint density at radius 3 is 2.61 bits per heavy atom. The van der Waals surface area contributed by atoms with E-state index < -0.39 is 10.7 Å². The summed E-state index contributed by atoms with van der Waals surface area (Å²) in [6.07, 6.45) is 0. The van der Waals surface area contributed by atoms with E-state index in [1.54, 1.807) is 0 Å². The number of nitrogens with zero attached hydrogens (tertiary/aromatic N) is 3. The van der Waals surface area contributed by atoms with Crippen LogP contribution in [0.3, 0.4) is 0 Å². The van der Waals surface area contributed by atoms with Gasteiger partial charge < -0.3 is 14.5 Å². The standard InChI is InChI=1S/C21H22N4O6/c26-20(14-24-17-7-6-16(25(28)29)12-19(17)31-21(24)27)22-13-18(15-4-2-1-3-5-15)23-8-10-30-11-9-23/h1-7,12,18H,8-11,13-14H2,(H,22,26). The van der Waals surface area contributed by atoms with Gasteiger partial charge in [0.25, 0.3) is 5.69 Å². The smallest absolute Gasteiger partial charge is 0.407 e. The van der Waals surface area contributed by atoms with Gasteiger partial charge in [0.05, 0.1) is 35.8 Å². The molecule has 1 fully saturated rings. The molecule has 1 aliphatic rings. The molecule has 1 aliphatic heterocycles. The SMILES string of the molecule is O=C(Cn1c(=O)oc2cc([N+](=O)[O-])ccc21)NCC(c1ccccc1)N1CCOCC1. The van der Waals surface area contributed by atoms with Crippen molar-refractivity contribution in [2.45, 2.75) is 12.6 Å². The lowest BCUT2D eigenvalue weighted by Gasteiger charge is -2.35. The Hall–Kier alpha value is -3.50. The number of carbonyl (C=O) groups excluding carboxylic acids is 1. The fourth-order valence-corrected chi connectivity index (χ4v) is 3.75. The Labute approximate surface area is 177 Å². The quantitative estimate of drug-likeness (QED) is 0.451. The first-order valence-corrected chi connectivity index (χ1v) is 9.94. The van der Waals surface area contributed by atoms with E-state index in [4.69, 9.17) is 9.15 Å². The number of carbonyl (C=O) groups is 1. The molecule has 0 aliphatic carbocycles. The van der Waals surface area contributed by atoms with Crippen LogP contribution in [-0.4, -0.2) is 53.1 Å². The van der Waals surface area contributed by atoms with Gasteiger partial charge in [-0.05, 0) is 11.6 Å². The summed E-state index contributed by atoms with van der Waals surface area (Å²) in [6.45, 7) is 2.94. The molecule has 2 aromatic carbocycles. The highest BCUT2D eigenvalue weighted by Crippen LogP contribution is 2.22. The molecule has 2 heterocycles. The van der Waals surface area contributed by atoms with Crippen molar-refractivity contribution >= 4 is 22.7 Å². The molecule has 31 heavy (non-hydrogen) atoms. The molecule has 1 saturated heterocycles. The van der Waals surface area contributed by atoms with E-state index in [0.29, 0.717) is 25.3 Å². The number of ether oxygens (including phenoxy) is 1. The number of nitrogens with one attached hydrogen (secondary N) is 1. The highest BCUT2D eigenvalue weighted by molar-refractivity contribution is 5.80. The molecular formula is C21H22N4O6. The lowest BCUT2D eigenvalue weighted by molar-refractivity contribution is -0.384. The fourth-order valence-electron chi connectivity index (χ4n) is 3.75. The fraction of sp³-hybridized carbons (Fsp3) is 0.333. The van der Waals surface area contributed by atoms with E-state index in [0.717, 1.165) is 18.7 Å². The van der Waals surface area contributed by atoms with E-state index in [1.165, 1.54) is 22.8 Å². The van der Waals surface area contributed by atoms with Crippen molar-refractivity contribution in [3.63, 3.8) is 0 Å². The van der Waals surface area contributed by atoms with Crippen LogP contribution in [0.4, 0.5) is 5.69 Å². The monoisotopic (exact) mass is 426 g/mol. The first-order valence-electron chi connectivity index (χ1n) is 9.94. The summed E-state index contributed by atoms with van der Waals surface area (Å²) in [4.78, 5) is 37.4. The summed E-state index contributed by atoms with van der Waals surface area (Å²) >= 11 is 0. The number of nitro groups is 1. The lowest BCUT2D eigenvalue weighted by atomic mass is 10.0. The summed E-state index contributed by atoms with van der Waals surface area (Å²) < 4.78 is 11.7. The molecule has 0 radical (unpaired) electrons. The van der Waals surface area contributed by atoms with Gasteiger partial charge in [0, 0.05) is 25.7 Å². The summed E-state index contributed by atoms with van der Waals surface area (Å²) in [5, 5.41) is 13.8. The molecule has 10 heteroatoms. The van der Waals surface area contributed by atoms with Gasteiger partial charge in [0.2, 0.25) is 5.91 Å². The largest absolute Gasteiger partial charge is 0.420 e. The van der Waals surface area contributed by atoms with Crippen LogP contribution < -0.4 is 11.1 Å². The molecule has 0 spiro atoms. The Morgan fingerprint density at radius 1 is 1.16 bits per heavy atom. The molecule has 1 atom stereocenters. The maximum Gasteiger partial charge on any atom is 0.420 e. The van der Waals surface area contributed by atoms with Gasteiger partial charge in [-0.25, -0.2) is 4.79 Å². The Balaban J connectivity index is 1.48. The number of benzene rings is 2. The predicted octanol–water partition coefficient (Wildman–Crippen LogP) is 1.69. The lowest BCUT2D eigenvalue weighted by Crippen LogP contribution is -2.44. The third kappa shape index (κ3) is 4.65. The van der Waals surface area contributed by atoms with Crippen LogP contribution in [0.1, 0.15) is 11.6 Å². The number of hydrogen-bond acceptors (Lipinski definition) is 7. The minimum absolute atomic E-state index is 0.0190. The molecule has 3 aromatic rings. The van der Waals surface area contributed by atoms with Crippen LogP contribution in [-0.2, 0) is 16.1 Å². The van der Waals surface area contributed by atoms with Crippen molar-refractivity contribution in [2.24, 2.45) is 0 Å². The number of fused-ring (bicyclic) bond motifs is 1. The van der Waals surface area contributed by atoms with Crippen molar-refractivity contribution in [3.05, 3.63) is 74.8 Å². The molecule has 0 bridgehead atoms. The number of nitro benzene ring substituents is 1. The maximum absolute atomic E-state index is 12.6. The number of amides is 1. The number of rotatable bonds is 7. The molecular weight excluding hydrogens is 404 g/mol. The van der Waals surface area contributed by atoms with Gasteiger partial charge in [-0.15, -0.1) is 0 Å². The van der Waals surface area contributed by atoms with E-state index >= 15 is 0 Å². The van der Waals surface area contributed by atoms with Crippen molar-refractivity contribution in [3.8, 4) is 0 Å². The van der Waals surface area contributed by atoms with Crippen LogP contribution in [0.25, 0.3) is 11.1 Å². The first kappa shape index (κ1) is 20.8. The first-order chi connectivity index (χ1) is 15.0. The van der Waals surface area contributed by atoms with Crippen LogP contribution >= 0.6 is 0 Å². The van der Waals surface area contributed by atoms with Gasteiger partial charge in [-0.3, -0.25) is 24.4 Å². The van der Waals surface area contributed by atoms with Crippen LogP contribution in [0, 0.1) is 10.1 Å². The number of aromatic nitrogens is 1. The minimum atomic E-state index is -0.738. The molecule has 1 unspecified atom stereocenters. The van der Waals surface area contributed by atoms with E-state index in [1.807, 2.05) is 30.3 Å². The summed E-state index contributed by atoms with van der Waals surface area (Å²) in [6, 6.07) is 13.7. The molecule has 4 rings (SSSR count). The second kappa shape index (κ2) is 9.11. The zero-order chi connectivity index (χ0) is 21.8. The summed E-state index contributed by atoms with van der Waals surface area (Å²) in [5.74, 6) is -1.09. The zero-order valence-corrected chi connectivity index (χ0v) is 16.7. The van der Waals surface area contributed by atoms with Crippen LogP contribution in [0.5, 0.6) is 0 Å². The average Bonchev–Trinajstić information content (AvgIpc) is 3.09. The number of non-ortho nitro benzene ring substituents is 1. The van der Waals surface area contributed by atoms with E-state index in [2.05, 4.69) is 10.2 Å². The molecule has 10 nitrogen and oxygen atoms in total. The molecule has 1 aromatic heterocycles. The second-order valence-electron chi connectivity index (χ2n) is 7.24. The predicted molar refractivity (Wildman–Crippen MR) is 112 cm³/mol. The van der Waals surface area contributed by atoms with Gasteiger partial charge in [0.15, 0.2) is 5.58 Å². The van der Waals surface area contributed by atoms with Crippen molar-refractivity contribution in [1.29, 1.82) is 0 Å². The van der Waals surface area contributed by atoms with Gasteiger partial charge in [-0.2, -0.15) is 0 Å². The van der Waals surface area contributed by atoms with Crippen LogP contribution in [0.15, 0.2) is 57.7 Å². The number of oxazole rings is 1. The molecule has 162 valence electrons. The van der Waals surface area contributed by atoms with Gasteiger partial charge in [0.1, 0.15) is 6.54 Å². The van der Waals surface area contributed by atoms with E-state index in [9.17, 15) is 19.7 Å². The molecule has 1 N–H and O–H groups in total. The van der Waals surface area contributed by atoms with Crippen LogP contribution in [0.2, 0.25) is 0 Å². The Kier molecular flexibility index (Phi) is 6.10. The third-order valence-electron chi connectivity index (χ3n) is 5.33. The number of morpholine rings is 1. The highest BCUT2D eigenvalue weighted by atomic mass is 16.6. The summed E-state index contributed by atoms with van der Waals surface area (Å²) in [7, 11) is 0. The topological polar surface area (TPSA) is 120 Å². The van der Waals surface area contributed by atoms with Gasteiger partial charge >= 0.3 is 5.76 Å². The minimum Gasteiger partial charge on any atom is -0.407 e. The Morgan fingerprint density at radius 2 is 1.90 bits per heavy atom. The number of hydrogen-bond donors (Lipinski definition) is 1. The van der Waals surface area contributed by atoms with Crippen molar-refractivity contribution in [1.82, 2.24) is 14.8 Å². The third-order valence-corrected chi connectivity index (χ3v) is 5.33. The Bertz CT molecular complexity index is 1130. The molecule has 1 amide bonds. The van der Waals surface area contributed by atoms with Crippen molar-refractivity contribution < 1.29 is 18.9 Å². The normalized spacial score (nSPS) is 15.6. The average molecular weight is 426 g/mol.